The minimum atomic E-state index is -1.08. The molecule has 0 aliphatic rings. The molecule has 1 atom stereocenters. The van der Waals surface area contributed by atoms with Gasteiger partial charge in [0.05, 0.1) is 0 Å². The average molecular weight is 589 g/mol. The zero-order valence-corrected chi connectivity index (χ0v) is 24.0. The molecule has 1 aromatic heterocycles. The third-order valence-electron chi connectivity index (χ3n) is 6.52. The van der Waals surface area contributed by atoms with Crippen LogP contribution in [0.3, 0.4) is 0 Å². The van der Waals surface area contributed by atoms with E-state index in [-0.39, 0.29) is 6.61 Å². The number of nitrogens with zero attached hydrogens (tertiary/aromatic N) is 1. The molecule has 0 fully saturated rings. The monoisotopic (exact) mass is 588 g/mol. The first kappa shape index (κ1) is 30.5. The minimum Gasteiger partial charge on any atom is -0.488 e. The van der Waals surface area contributed by atoms with Crippen LogP contribution in [0, 0.1) is 18.6 Å². The zero-order valence-electron chi connectivity index (χ0n) is 23.1. The molecule has 0 aliphatic carbocycles. The summed E-state index contributed by atoms with van der Waals surface area (Å²) in [5.41, 5.74) is 4.62. The Morgan fingerprint density at radius 3 is 2.50 bits per heavy atom. The summed E-state index contributed by atoms with van der Waals surface area (Å²) in [5.74, 6) is -1.82. The van der Waals surface area contributed by atoms with Gasteiger partial charge in [-0.1, -0.05) is 36.4 Å². The summed E-state index contributed by atoms with van der Waals surface area (Å²) in [7, 11) is 0. The standard InChI is InChI=1S/C33H30F2N2O4S/c1-21-5-3-4-6-27(21)29-17-22(8-10-28(29)32(38)37-30(33(39)40)12-14-42-2)7-9-24-19-36-13-11-31(24)41-20-23-15-25(34)18-26(35)16-23/h3-11,13,15-19,30H,12,14,20H2,1-2H3,(H,37,38)(H,39,40). The topological polar surface area (TPSA) is 88.5 Å². The number of carbonyl (C=O) groups is 2. The molecule has 3 aromatic carbocycles. The summed E-state index contributed by atoms with van der Waals surface area (Å²) in [4.78, 5) is 29.2. The largest absolute Gasteiger partial charge is 0.488 e. The first-order chi connectivity index (χ1) is 20.2. The van der Waals surface area contributed by atoms with Crippen molar-refractivity contribution in [1.29, 1.82) is 0 Å². The number of hydrogen-bond acceptors (Lipinski definition) is 5. The molecule has 0 spiro atoms. The van der Waals surface area contributed by atoms with E-state index < -0.39 is 29.6 Å². The molecule has 216 valence electrons. The van der Waals surface area contributed by atoms with Gasteiger partial charge in [-0.3, -0.25) is 9.78 Å². The van der Waals surface area contributed by atoms with Gasteiger partial charge in [-0.25, -0.2) is 13.6 Å². The molecule has 0 saturated heterocycles. The molecule has 2 N–H and O–H groups in total. The number of nitrogens with one attached hydrogen (secondary N) is 1. The summed E-state index contributed by atoms with van der Waals surface area (Å²) in [5, 5.41) is 12.3. The van der Waals surface area contributed by atoms with Crippen molar-refractivity contribution >= 4 is 35.8 Å². The van der Waals surface area contributed by atoms with Crippen LogP contribution in [0.1, 0.15) is 39.0 Å². The number of benzene rings is 3. The number of ether oxygens (including phenoxy) is 1. The summed E-state index contributed by atoms with van der Waals surface area (Å²) in [6, 6.07) is 16.9. The SMILES string of the molecule is CSCCC(NC(=O)c1ccc(C=Cc2cnccc2OCc2cc(F)cc(F)c2)cc1-c1ccccc1C)C(=O)O. The minimum absolute atomic E-state index is 0.0327. The van der Waals surface area contributed by atoms with Gasteiger partial charge in [-0.2, -0.15) is 11.8 Å². The molecule has 4 aromatic rings. The fourth-order valence-corrected chi connectivity index (χ4v) is 4.85. The highest BCUT2D eigenvalue weighted by molar-refractivity contribution is 7.98. The Kier molecular flexibility index (Phi) is 10.4. The fraction of sp³-hybridized carbons (Fsp3) is 0.182. The highest BCUT2D eigenvalue weighted by Crippen LogP contribution is 2.30. The highest BCUT2D eigenvalue weighted by atomic mass is 32.2. The average Bonchev–Trinajstić information content (AvgIpc) is 2.97. The summed E-state index contributed by atoms with van der Waals surface area (Å²) >= 11 is 1.52. The Morgan fingerprint density at radius 1 is 1.02 bits per heavy atom. The van der Waals surface area contributed by atoms with Crippen molar-refractivity contribution in [3.63, 3.8) is 0 Å². The van der Waals surface area contributed by atoms with E-state index in [2.05, 4.69) is 10.3 Å². The Balaban J connectivity index is 1.62. The van der Waals surface area contributed by atoms with Gasteiger partial charge in [0.25, 0.3) is 5.91 Å². The maximum Gasteiger partial charge on any atom is 0.326 e. The lowest BCUT2D eigenvalue weighted by molar-refractivity contribution is -0.139. The van der Waals surface area contributed by atoms with E-state index in [1.54, 1.807) is 36.7 Å². The van der Waals surface area contributed by atoms with Gasteiger partial charge < -0.3 is 15.2 Å². The van der Waals surface area contributed by atoms with Crippen molar-refractivity contribution in [2.45, 2.75) is 26.0 Å². The lowest BCUT2D eigenvalue weighted by Crippen LogP contribution is -2.41. The molecule has 0 aliphatic heterocycles. The Hall–Kier alpha value is -4.50. The molecule has 4 rings (SSSR count). The molecule has 1 unspecified atom stereocenters. The van der Waals surface area contributed by atoms with Crippen molar-refractivity contribution in [1.82, 2.24) is 10.3 Å². The highest BCUT2D eigenvalue weighted by Gasteiger charge is 2.22. The van der Waals surface area contributed by atoms with Gasteiger partial charge >= 0.3 is 5.97 Å². The number of carbonyl (C=O) groups excluding carboxylic acids is 1. The van der Waals surface area contributed by atoms with E-state index >= 15 is 0 Å². The van der Waals surface area contributed by atoms with E-state index in [1.165, 1.54) is 23.9 Å². The number of amides is 1. The maximum absolute atomic E-state index is 13.6. The lowest BCUT2D eigenvalue weighted by atomic mass is 9.93. The molecular weight excluding hydrogens is 558 g/mol. The smallest absolute Gasteiger partial charge is 0.326 e. The number of thioether (sulfide) groups is 1. The van der Waals surface area contributed by atoms with Crippen LogP contribution in [0.25, 0.3) is 23.3 Å². The van der Waals surface area contributed by atoms with Crippen molar-refractivity contribution in [3.8, 4) is 16.9 Å². The van der Waals surface area contributed by atoms with E-state index in [1.807, 2.05) is 49.6 Å². The van der Waals surface area contributed by atoms with Gasteiger partial charge in [-0.15, -0.1) is 0 Å². The molecule has 42 heavy (non-hydrogen) atoms. The van der Waals surface area contributed by atoms with Crippen LogP contribution in [0.5, 0.6) is 5.75 Å². The van der Waals surface area contributed by atoms with Gasteiger partial charge in [0.15, 0.2) is 0 Å². The van der Waals surface area contributed by atoms with Crippen LogP contribution in [-0.4, -0.2) is 40.0 Å². The number of aromatic nitrogens is 1. The lowest BCUT2D eigenvalue weighted by Gasteiger charge is -2.17. The van der Waals surface area contributed by atoms with Crippen LogP contribution >= 0.6 is 11.8 Å². The van der Waals surface area contributed by atoms with Crippen LogP contribution in [-0.2, 0) is 11.4 Å². The molecular formula is C33H30F2N2O4S. The molecule has 0 saturated carbocycles. The summed E-state index contributed by atoms with van der Waals surface area (Å²) in [6.07, 6.45) is 9.01. The second-order valence-corrected chi connectivity index (χ2v) is 10.6. The van der Waals surface area contributed by atoms with Crippen molar-refractivity contribution in [3.05, 3.63) is 119 Å². The van der Waals surface area contributed by atoms with Gasteiger partial charge in [-0.05, 0) is 89.6 Å². The number of carboxylic acid groups (broad SMARTS) is 1. The predicted octanol–water partition coefficient (Wildman–Crippen LogP) is 7.02. The van der Waals surface area contributed by atoms with E-state index in [0.29, 0.717) is 40.2 Å². The van der Waals surface area contributed by atoms with E-state index in [9.17, 15) is 23.5 Å². The van der Waals surface area contributed by atoms with Gasteiger partial charge in [0, 0.05) is 29.6 Å². The predicted molar refractivity (Wildman–Crippen MR) is 162 cm³/mol. The first-order valence-electron chi connectivity index (χ1n) is 13.2. The number of hydrogen-bond donors (Lipinski definition) is 2. The van der Waals surface area contributed by atoms with E-state index in [4.69, 9.17) is 4.74 Å². The number of carboxylic acids is 1. The van der Waals surface area contributed by atoms with Crippen LogP contribution in [0.15, 0.2) is 79.1 Å². The summed E-state index contributed by atoms with van der Waals surface area (Å²) < 4.78 is 33.0. The molecule has 0 bridgehead atoms. The zero-order chi connectivity index (χ0) is 30.1. The number of rotatable bonds is 12. The van der Waals surface area contributed by atoms with Crippen molar-refractivity contribution < 1.29 is 28.2 Å². The first-order valence-corrected chi connectivity index (χ1v) is 14.6. The number of aliphatic carboxylic acids is 1. The second-order valence-electron chi connectivity index (χ2n) is 9.58. The van der Waals surface area contributed by atoms with Gasteiger partial charge in [0.2, 0.25) is 0 Å². The second kappa shape index (κ2) is 14.4. The number of halogens is 2. The van der Waals surface area contributed by atoms with Gasteiger partial charge in [0.1, 0.15) is 30.0 Å². The Morgan fingerprint density at radius 2 is 1.79 bits per heavy atom. The number of pyridine rings is 1. The Labute approximate surface area is 247 Å². The molecule has 1 heterocycles. The fourth-order valence-electron chi connectivity index (χ4n) is 4.38. The normalized spacial score (nSPS) is 11.8. The molecule has 1 amide bonds. The van der Waals surface area contributed by atoms with Crippen molar-refractivity contribution in [2.24, 2.45) is 0 Å². The molecule has 0 radical (unpaired) electrons. The molecule has 6 nitrogen and oxygen atoms in total. The van der Waals surface area contributed by atoms with E-state index in [0.717, 1.165) is 22.8 Å². The molecule has 9 heteroatoms. The van der Waals surface area contributed by atoms with Crippen molar-refractivity contribution in [2.75, 3.05) is 12.0 Å². The third kappa shape index (κ3) is 8.04. The Bertz CT molecular complexity index is 1590. The van der Waals surface area contributed by atoms with Crippen LogP contribution in [0.2, 0.25) is 0 Å². The summed E-state index contributed by atoms with van der Waals surface area (Å²) in [6.45, 7) is 1.91. The number of aryl methyl sites for hydroxylation is 1. The van der Waals surface area contributed by atoms with Crippen LogP contribution < -0.4 is 10.1 Å². The van der Waals surface area contributed by atoms with Crippen LogP contribution in [0.4, 0.5) is 8.78 Å². The quantitative estimate of drug-likeness (QED) is 0.185. The maximum atomic E-state index is 13.6. The third-order valence-corrected chi connectivity index (χ3v) is 7.16.